The van der Waals surface area contributed by atoms with Gasteiger partial charge in [-0.15, -0.1) is 0 Å². The summed E-state index contributed by atoms with van der Waals surface area (Å²) in [6, 6.07) is 24.3. The first-order valence-corrected chi connectivity index (χ1v) is 14.6. The largest absolute Gasteiger partial charge is 0.455 e. The number of carbonyl (C=O) groups excluding carboxylic acids is 1. The molecule has 0 fully saturated rings. The lowest BCUT2D eigenvalue weighted by Crippen LogP contribution is -2.25. The van der Waals surface area contributed by atoms with Crippen molar-refractivity contribution in [1.29, 1.82) is 0 Å². The lowest BCUT2D eigenvalue weighted by atomic mass is 9.98. The average molecular weight is 569 g/mol. The summed E-state index contributed by atoms with van der Waals surface area (Å²) in [5.41, 5.74) is 4.35. The Balaban J connectivity index is 1.61. The molecule has 6 aromatic rings. The van der Waals surface area contributed by atoms with Crippen LogP contribution in [0.15, 0.2) is 95.5 Å². The van der Waals surface area contributed by atoms with Crippen molar-refractivity contribution in [1.82, 2.24) is 15.1 Å². The van der Waals surface area contributed by atoms with Gasteiger partial charge in [0, 0.05) is 48.3 Å². The smallest absolute Gasteiger partial charge is 0.255 e. The van der Waals surface area contributed by atoms with Crippen molar-refractivity contribution in [2.75, 3.05) is 24.7 Å². The van der Waals surface area contributed by atoms with Crippen LogP contribution in [0, 0.1) is 5.82 Å². The van der Waals surface area contributed by atoms with Crippen LogP contribution in [0.1, 0.15) is 10.4 Å². The molecular formula is C31H25FN4O4S. The van der Waals surface area contributed by atoms with Crippen LogP contribution in [0.5, 0.6) is 0 Å². The Morgan fingerprint density at radius 3 is 2.44 bits per heavy atom. The molecule has 0 bridgehead atoms. The highest BCUT2D eigenvalue weighted by Crippen LogP contribution is 2.41. The van der Waals surface area contributed by atoms with Crippen molar-refractivity contribution in [3.63, 3.8) is 0 Å². The summed E-state index contributed by atoms with van der Waals surface area (Å²) < 4.78 is 48.2. The summed E-state index contributed by atoms with van der Waals surface area (Å²) in [4.78, 5) is 13.1. The number of rotatable bonds is 6. The molecule has 8 nitrogen and oxygen atoms in total. The Hall–Kier alpha value is -4.96. The summed E-state index contributed by atoms with van der Waals surface area (Å²) in [7, 11) is -0.683. The zero-order valence-electron chi connectivity index (χ0n) is 22.4. The monoisotopic (exact) mass is 568 g/mol. The minimum Gasteiger partial charge on any atom is -0.455 e. The van der Waals surface area contributed by atoms with Gasteiger partial charge in [0.2, 0.25) is 10.0 Å². The number of nitrogens with zero attached hydrogens (tertiary/aromatic N) is 3. The molecule has 0 aliphatic rings. The maximum Gasteiger partial charge on any atom is 0.255 e. The Morgan fingerprint density at radius 1 is 0.976 bits per heavy atom. The number of halogens is 1. The predicted molar refractivity (Wildman–Crippen MR) is 158 cm³/mol. The van der Waals surface area contributed by atoms with E-state index in [4.69, 9.17) is 4.42 Å². The first kappa shape index (κ1) is 26.3. The van der Waals surface area contributed by atoms with Crippen LogP contribution in [-0.2, 0) is 10.0 Å². The third-order valence-corrected chi connectivity index (χ3v) is 8.23. The topological polar surface area (TPSA) is 97.4 Å². The fourth-order valence-corrected chi connectivity index (χ4v) is 5.38. The molecule has 6 rings (SSSR count). The van der Waals surface area contributed by atoms with Crippen LogP contribution >= 0.6 is 0 Å². The zero-order chi connectivity index (χ0) is 28.9. The lowest BCUT2D eigenvalue weighted by molar-refractivity contribution is 0.0964. The maximum absolute atomic E-state index is 13.7. The second kappa shape index (κ2) is 9.90. The van der Waals surface area contributed by atoms with Crippen molar-refractivity contribution in [2.24, 2.45) is 0 Å². The number of anilines is 1. The average Bonchev–Trinajstić information content (AvgIpc) is 3.57. The summed E-state index contributed by atoms with van der Waals surface area (Å²) in [5, 5.41) is 8.80. The van der Waals surface area contributed by atoms with Gasteiger partial charge in [0.25, 0.3) is 5.91 Å². The number of hydrogen-bond acceptors (Lipinski definition) is 5. The number of benzene rings is 4. The molecule has 206 valence electrons. The number of aromatic nitrogens is 2. The van der Waals surface area contributed by atoms with Crippen molar-refractivity contribution in [3.8, 4) is 28.1 Å². The molecule has 0 radical (unpaired) electrons. The SMILES string of the molecule is CNC(=O)c1c(-c2ccc(F)cc2)oc2cc(N(C)S(C)(=O)=O)c(-c3cccc(-n4cc5ccccc5n4)c3)cc12. The van der Waals surface area contributed by atoms with Crippen LogP contribution in [0.25, 0.3) is 50.0 Å². The van der Waals surface area contributed by atoms with Crippen LogP contribution < -0.4 is 9.62 Å². The van der Waals surface area contributed by atoms with Gasteiger partial charge in [-0.2, -0.15) is 5.10 Å². The van der Waals surface area contributed by atoms with Gasteiger partial charge in [-0.3, -0.25) is 9.10 Å². The molecule has 0 unspecified atom stereocenters. The third kappa shape index (κ3) is 4.72. The fraction of sp³-hybridized carbons (Fsp3) is 0.0968. The minimum atomic E-state index is -3.66. The molecule has 2 aromatic heterocycles. The highest BCUT2D eigenvalue weighted by atomic mass is 32.2. The first-order chi connectivity index (χ1) is 19.6. The Kier molecular flexibility index (Phi) is 6.34. The van der Waals surface area contributed by atoms with E-state index in [-0.39, 0.29) is 11.3 Å². The molecule has 10 heteroatoms. The number of sulfonamides is 1. The van der Waals surface area contributed by atoms with Crippen LogP contribution in [0.3, 0.4) is 0 Å². The molecule has 0 aliphatic heterocycles. The van der Waals surface area contributed by atoms with E-state index in [9.17, 15) is 17.6 Å². The van der Waals surface area contributed by atoms with Gasteiger partial charge in [-0.25, -0.2) is 17.5 Å². The van der Waals surface area contributed by atoms with Crippen LogP contribution in [0.2, 0.25) is 0 Å². The van der Waals surface area contributed by atoms with Gasteiger partial charge in [-0.05, 0) is 54.1 Å². The van der Waals surface area contributed by atoms with E-state index in [1.54, 1.807) is 16.8 Å². The maximum atomic E-state index is 13.7. The van der Waals surface area contributed by atoms with E-state index < -0.39 is 21.7 Å². The summed E-state index contributed by atoms with van der Waals surface area (Å²) in [6.07, 6.45) is 3.05. The molecule has 0 spiro atoms. The van der Waals surface area contributed by atoms with Crippen LogP contribution in [-0.4, -0.2) is 44.5 Å². The lowest BCUT2D eigenvalue weighted by Gasteiger charge is -2.21. The second-order valence-electron chi connectivity index (χ2n) is 9.67. The Morgan fingerprint density at radius 2 is 1.73 bits per heavy atom. The number of carbonyl (C=O) groups is 1. The number of fused-ring (bicyclic) bond motifs is 2. The molecule has 1 N–H and O–H groups in total. The zero-order valence-corrected chi connectivity index (χ0v) is 23.2. The number of amides is 1. The van der Waals surface area contributed by atoms with Crippen molar-refractivity contribution in [2.45, 2.75) is 0 Å². The second-order valence-corrected chi connectivity index (χ2v) is 11.7. The molecule has 0 saturated carbocycles. The third-order valence-electron chi connectivity index (χ3n) is 7.04. The van der Waals surface area contributed by atoms with Crippen LogP contribution in [0.4, 0.5) is 10.1 Å². The van der Waals surface area contributed by atoms with Gasteiger partial charge < -0.3 is 9.73 Å². The van der Waals surface area contributed by atoms with E-state index in [2.05, 4.69) is 10.4 Å². The van der Waals surface area contributed by atoms with E-state index in [1.165, 1.54) is 42.7 Å². The molecule has 2 heterocycles. The molecule has 41 heavy (non-hydrogen) atoms. The first-order valence-electron chi connectivity index (χ1n) is 12.7. The number of furan rings is 1. The summed E-state index contributed by atoms with van der Waals surface area (Å²) in [6.45, 7) is 0. The van der Waals surface area contributed by atoms with Gasteiger partial charge in [-0.1, -0.05) is 30.3 Å². The molecule has 0 atom stereocenters. The molecule has 0 aliphatic carbocycles. The van der Waals surface area contributed by atoms with Gasteiger partial charge in [0.1, 0.15) is 17.2 Å². The fourth-order valence-electron chi connectivity index (χ4n) is 4.87. The summed E-state index contributed by atoms with van der Waals surface area (Å²) in [5.74, 6) is -0.563. The Bertz CT molecular complexity index is 2030. The van der Waals surface area contributed by atoms with Gasteiger partial charge >= 0.3 is 0 Å². The standard InChI is InChI=1S/C31H25FN4O4S/c1-33-31(37)29-25-16-24(20-8-6-9-23(15-20)36-18-21-7-4-5-10-26(21)34-36)27(35(2)41(3,38)39)17-28(25)40-30(29)19-11-13-22(32)14-12-19/h4-18H,1-3H3,(H,33,37). The molecule has 1 amide bonds. The normalized spacial score (nSPS) is 11.7. The summed E-state index contributed by atoms with van der Waals surface area (Å²) >= 11 is 0. The molecule has 4 aromatic carbocycles. The number of nitrogens with one attached hydrogen (secondary N) is 1. The molecular weight excluding hydrogens is 543 g/mol. The predicted octanol–water partition coefficient (Wildman–Crippen LogP) is 6.00. The Labute approximate surface area is 235 Å². The van der Waals surface area contributed by atoms with Gasteiger partial charge in [0.05, 0.1) is 28.7 Å². The highest BCUT2D eigenvalue weighted by Gasteiger charge is 2.26. The van der Waals surface area contributed by atoms with Crippen molar-refractivity contribution >= 4 is 43.5 Å². The van der Waals surface area contributed by atoms with Crippen molar-refractivity contribution in [3.05, 3.63) is 103 Å². The van der Waals surface area contributed by atoms with Gasteiger partial charge in [0.15, 0.2) is 0 Å². The number of hydrogen-bond donors (Lipinski definition) is 1. The molecule has 0 saturated heterocycles. The van der Waals surface area contributed by atoms with Crippen molar-refractivity contribution < 1.29 is 22.0 Å². The van der Waals surface area contributed by atoms with E-state index in [0.717, 1.165) is 22.8 Å². The van der Waals surface area contributed by atoms with E-state index >= 15 is 0 Å². The van der Waals surface area contributed by atoms with E-state index in [0.29, 0.717) is 33.3 Å². The minimum absolute atomic E-state index is 0.251. The highest BCUT2D eigenvalue weighted by molar-refractivity contribution is 7.92. The quantitative estimate of drug-likeness (QED) is 0.266. The van der Waals surface area contributed by atoms with E-state index in [1.807, 2.05) is 54.7 Å².